The van der Waals surface area contributed by atoms with Crippen LogP contribution in [0.25, 0.3) is 22.4 Å². The van der Waals surface area contributed by atoms with Crippen molar-refractivity contribution in [1.82, 2.24) is 9.97 Å². The number of nitrogens with one attached hydrogen (secondary N) is 2. The number of carbonyl (C=O) groups excluding carboxylic acids is 1. The predicted octanol–water partition coefficient (Wildman–Crippen LogP) is 3.51. The maximum Gasteiger partial charge on any atom is 0.417 e. The number of benzene rings is 2. The summed E-state index contributed by atoms with van der Waals surface area (Å²) < 4.78 is 10.1. The number of fused-ring (bicyclic) bond motifs is 1. The van der Waals surface area contributed by atoms with Crippen LogP contribution in [-0.2, 0) is 0 Å². The number of carbonyl (C=O) groups is 1. The average molecular weight is 367 g/mol. The molecule has 8 heteroatoms. The van der Waals surface area contributed by atoms with Gasteiger partial charge < -0.3 is 9.15 Å². The summed E-state index contributed by atoms with van der Waals surface area (Å²) in [5.74, 6) is -0.0585. The maximum atomic E-state index is 12.3. The van der Waals surface area contributed by atoms with Gasteiger partial charge in [0.15, 0.2) is 10.7 Å². The quantitative estimate of drug-likeness (QED) is 0.575. The van der Waals surface area contributed by atoms with Crippen molar-refractivity contribution in [2.24, 2.45) is 0 Å². The first-order chi connectivity index (χ1) is 12.6. The number of thiazole rings is 1. The Hall–Kier alpha value is -3.39. The van der Waals surface area contributed by atoms with Gasteiger partial charge >= 0.3 is 5.76 Å². The van der Waals surface area contributed by atoms with E-state index in [1.165, 1.54) is 11.3 Å². The number of aromatic amines is 1. The van der Waals surface area contributed by atoms with Crippen LogP contribution in [-0.4, -0.2) is 23.0 Å². The van der Waals surface area contributed by atoms with Gasteiger partial charge in [-0.2, -0.15) is 0 Å². The van der Waals surface area contributed by atoms with Crippen molar-refractivity contribution in [2.75, 3.05) is 12.4 Å². The Labute approximate surface area is 151 Å². The smallest absolute Gasteiger partial charge is 0.417 e. The van der Waals surface area contributed by atoms with Crippen LogP contribution in [0.5, 0.6) is 5.75 Å². The zero-order valence-electron chi connectivity index (χ0n) is 13.6. The minimum Gasteiger partial charge on any atom is -0.497 e. The highest BCUT2D eigenvalue weighted by molar-refractivity contribution is 7.14. The maximum absolute atomic E-state index is 12.3. The SMILES string of the molecule is COc1ccc(C(=O)Nc2nc(-c3ccc4oc(=O)[nH]c4c3)cs2)cc1. The largest absolute Gasteiger partial charge is 0.497 e. The molecule has 7 nitrogen and oxygen atoms in total. The normalized spacial score (nSPS) is 10.8. The van der Waals surface area contributed by atoms with E-state index in [2.05, 4.69) is 15.3 Å². The molecule has 0 spiro atoms. The molecule has 0 aliphatic rings. The van der Waals surface area contributed by atoms with Crippen LogP contribution in [0.15, 0.2) is 57.1 Å². The molecule has 2 aromatic carbocycles. The van der Waals surface area contributed by atoms with Gasteiger partial charge in [-0.3, -0.25) is 15.1 Å². The number of hydrogen-bond acceptors (Lipinski definition) is 6. The molecule has 4 rings (SSSR count). The molecule has 0 bridgehead atoms. The molecular weight excluding hydrogens is 354 g/mol. The van der Waals surface area contributed by atoms with Gasteiger partial charge in [-0.25, -0.2) is 9.78 Å². The summed E-state index contributed by atoms with van der Waals surface area (Å²) in [6.07, 6.45) is 0. The molecule has 2 heterocycles. The van der Waals surface area contributed by atoms with Gasteiger partial charge in [0.05, 0.1) is 18.3 Å². The Kier molecular flexibility index (Phi) is 4.02. The van der Waals surface area contributed by atoms with E-state index in [-0.39, 0.29) is 5.91 Å². The molecule has 0 fully saturated rings. The summed E-state index contributed by atoms with van der Waals surface area (Å²) in [7, 11) is 1.57. The van der Waals surface area contributed by atoms with E-state index in [0.717, 1.165) is 5.56 Å². The third kappa shape index (κ3) is 3.09. The number of anilines is 1. The summed E-state index contributed by atoms with van der Waals surface area (Å²) >= 11 is 1.32. The van der Waals surface area contributed by atoms with Crippen molar-refractivity contribution in [2.45, 2.75) is 0 Å². The molecule has 130 valence electrons. The Morgan fingerprint density at radius 1 is 1.23 bits per heavy atom. The van der Waals surface area contributed by atoms with Crippen LogP contribution in [0.4, 0.5) is 5.13 Å². The minimum absolute atomic E-state index is 0.247. The van der Waals surface area contributed by atoms with E-state index >= 15 is 0 Å². The zero-order chi connectivity index (χ0) is 18.1. The van der Waals surface area contributed by atoms with Gasteiger partial charge in [0, 0.05) is 16.5 Å². The van der Waals surface area contributed by atoms with E-state index in [4.69, 9.17) is 9.15 Å². The third-order valence-electron chi connectivity index (χ3n) is 3.79. The highest BCUT2D eigenvalue weighted by Crippen LogP contribution is 2.27. The lowest BCUT2D eigenvalue weighted by Gasteiger charge is -2.03. The Balaban J connectivity index is 1.54. The average Bonchev–Trinajstić information content (AvgIpc) is 3.26. The minimum atomic E-state index is -0.497. The number of rotatable bonds is 4. The molecule has 1 amide bonds. The second kappa shape index (κ2) is 6.49. The Morgan fingerprint density at radius 3 is 2.81 bits per heavy atom. The van der Waals surface area contributed by atoms with Gasteiger partial charge in [0.25, 0.3) is 5.91 Å². The molecule has 0 aliphatic heterocycles. The summed E-state index contributed by atoms with van der Waals surface area (Å²) in [4.78, 5) is 30.6. The second-order valence-electron chi connectivity index (χ2n) is 5.45. The lowest BCUT2D eigenvalue weighted by molar-refractivity contribution is 0.102. The molecule has 0 saturated heterocycles. The van der Waals surface area contributed by atoms with Crippen molar-refractivity contribution >= 4 is 33.5 Å². The van der Waals surface area contributed by atoms with Gasteiger partial charge in [-0.05, 0) is 42.5 Å². The fraction of sp³-hybridized carbons (Fsp3) is 0.0556. The molecule has 0 aliphatic carbocycles. The lowest BCUT2D eigenvalue weighted by Crippen LogP contribution is -2.11. The van der Waals surface area contributed by atoms with E-state index in [1.807, 2.05) is 11.4 Å². The number of ether oxygens (including phenoxy) is 1. The van der Waals surface area contributed by atoms with E-state index in [1.54, 1.807) is 43.5 Å². The standard InChI is InChI=1S/C18H13N3O4S/c1-24-12-5-2-10(3-6-12)16(22)21-17-19-14(9-26-17)11-4-7-15-13(8-11)20-18(23)25-15/h2-9H,1H3,(H,20,23)(H,19,21,22). The molecule has 0 radical (unpaired) electrons. The van der Waals surface area contributed by atoms with Crippen LogP contribution in [0.2, 0.25) is 0 Å². The van der Waals surface area contributed by atoms with E-state index in [0.29, 0.717) is 33.2 Å². The molecular formula is C18H13N3O4S. The number of nitrogens with zero attached hydrogens (tertiary/aromatic N) is 1. The van der Waals surface area contributed by atoms with Crippen molar-refractivity contribution in [3.05, 3.63) is 64.0 Å². The highest BCUT2D eigenvalue weighted by atomic mass is 32.1. The summed E-state index contributed by atoms with van der Waals surface area (Å²) in [6, 6.07) is 12.1. The Morgan fingerprint density at radius 2 is 2.04 bits per heavy atom. The van der Waals surface area contributed by atoms with Crippen LogP contribution < -0.4 is 15.8 Å². The molecule has 2 aromatic heterocycles. The van der Waals surface area contributed by atoms with Gasteiger partial charge in [-0.15, -0.1) is 11.3 Å². The first kappa shape index (κ1) is 16.1. The third-order valence-corrected chi connectivity index (χ3v) is 4.55. The molecule has 0 unspecified atom stereocenters. The summed E-state index contributed by atoms with van der Waals surface area (Å²) in [5.41, 5.74) is 3.12. The first-order valence-electron chi connectivity index (χ1n) is 7.66. The molecule has 0 saturated carbocycles. The molecule has 4 aromatic rings. The van der Waals surface area contributed by atoms with Gasteiger partial charge in [0.1, 0.15) is 5.75 Å². The monoisotopic (exact) mass is 367 g/mol. The van der Waals surface area contributed by atoms with E-state index < -0.39 is 5.76 Å². The second-order valence-corrected chi connectivity index (χ2v) is 6.30. The topological polar surface area (TPSA) is 97.2 Å². The van der Waals surface area contributed by atoms with Crippen molar-refractivity contribution < 1.29 is 13.9 Å². The predicted molar refractivity (Wildman–Crippen MR) is 98.9 cm³/mol. The van der Waals surface area contributed by atoms with E-state index in [9.17, 15) is 9.59 Å². The fourth-order valence-corrected chi connectivity index (χ4v) is 3.20. The van der Waals surface area contributed by atoms with Crippen molar-refractivity contribution in [1.29, 1.82) is 0 Å². The number of H-pyrrole nitrogens is 1. The number of hydrogen-bond donors (Lipinski definition) is 2. The molecule has 0 atom stereocenters. The summed E-state index contributed by atoms with van der Waals surface area (Å²) in [5, 5.41) is 5.10. The van der Waals surface area contributed by atoms with Crippen LogP contribution >= 0.6 is 11.3 Å². The van der Waals surface area contributed by atoms with Gasteiger partial charge in [0.2, 0.25) is 0 Å². The molecule has 26 heavy (non-hydrogen) atoms. The van der Waals surface area contributed by atoms with Crippen molar-refractivity contribution in [3.8, 4) is 17.0 Å². The Bertz CT molecular complexity index is 1140. The highest BCUT2D eigenvalue weighted by Gasteiger charge is 2.11. The van der Waals surface area contributed by atoms with Crippen LogP contribution in [0, 0.1) is 0 Å². The number of amides is 1. The van der Waals surface area contributed by atoms with Crippen LogP contribution in [0.3, 0.4) is 0 Å². The van der Waals surface area contributed by atoms with Crippen molar-refractivity contribution in [3.63, 3.8) is 0 Å². The molecule has 2 N–H and O–H groups in total. The number of aromatic nitrogens is 2. The number of methoxy groups -OCH3 is 1. The summed E-state index contributed by atoms with van der Waals surface area (Å²) in [6.45, 7) is 0. The fourth-order valence-electron chi connectivity index (χ4n) is 2.49. The number of oxazole rings is 1. The van der Waals surface area contributed by atoms with Crippen LogP contribution in [0.1, 0.15) is 10.4 Å². The zero-order valence-corrected chi connectivity index (χ0v) is 14.4. The lowest BCUT2D eigenvalue weighted by atomic mass is 10.1. The first-order valence-corrected chi connectivity index (χ1v) is 8.54. The van der Waals surface area contributed by atoms with Gasteiger partial charge in [-0.1, -0.05) is 0 Å².